The lowest BCUT2D eigenvalue weighted by Gasteiger charge is -2.24. The van der Waals surface area contributed by atoms with E-state index in [4.69, 9.17) is 0 Å². The molecule has 0 aliphatic heterocycles. The molecule has 112 valence electrons. The van der Waals surface area contributed by atoms with Crippen LogP contribution < -0.4 is 10.2 Å². The van der Waals surface area contributed by atoms with E-state index < -0.39 is 0 Å². The first-order valence-electron chi connectivity index (χ1n) is 7.79. The molecule has 0 saturated heterocycles. The summed E-state index contributed by atoms with van der Waals surface area (Å²) < 4.78 is 2.01. The predicted octanol–water partition coefficient (Wildman–Crippen LogP) is 3.14. The van der Waals surface area contributed by atoms with Crippen LogP contribution in [0.3, 0.4) is 0 Å². The lowest BCUT2D eigenvalue weighted by atomic mass is 10.2. The number of para-hydroxylation sites is 1. The van der Waals surface area contributed by atoms with Gasteiger partial charge >= 0.3 is 0 Å². The molecular formula is C17H24N4. The summed E-state index contributed by atoms with van der Waals surface area (Å²) in [5.41, 5.74) is 3.65. The average molecular weight is 284 g/mol. The van der Waals surface area contributed by atoms with Crippen LogP contribution in [0.15, 0.2) is 30.3 Å². The molecule has 3 rings (SSSR count). The third-order valence-electron chi connectivity index (χ3n) is 4.10. The maximum atomic E-state index is 4.64. The fraction of sp³-hybridized carbons (Fsp3) is 0.471. The highest BCUT2D eigenvalue weighted by Gasteiger charge is 2.24. The van der Waals surface area contributed by atoms with E-state index in [9.17, 15) is 0 Å². The van der Waals surface area contributed by atoms with Gasteiger partial charge in [-0.25, -0.2) is 0 Å². The van der Waals surface area contributed by atoms with Gasteiger partial charge < -0.3 is 10.2 Å². The van der Waals surface area contributed by atoms with Gasteiger partial charge in [-0.05, 0) is 38.8 Å². The molecule has 4 nitrogen and oxygen atoms in total. The summed E-state index contributed by atoms with van der Waals surface area (Å²) in [5, 5.41) is 8.26. The fourth-order valence-corrected chi connectivity index (χ4v) is 2.83. The minimum Gasteiger partial charge on any atom is -0.327 e. The van der Waals surface area contributed by atoms with Crippen LogP contribution in [0.2, 0.25) is 0 Å². The molecule has 1 aromatic heterocycles. The number of anilines is 2. The molecule has 0 amide bonds. The molecule has 1 saturated carbocycles. The quantitative estimate of drug-likeness (QED) is 0.884. The van der Waals surface area contributed by atoms with Gasteiger partial charge in [-0.3, -0.25) is 4.68 Å². The van der Waals surface area contributed by atoms with Crippen molar-refractivity contribution in [1.82, 2.24) is 15.1 Å². The molecule has 1 fully saturated rings. The topological polar surface area (TPSA) is 33.1 Å². The second-order valence-corrected chi connectivity index (χ2v) is 5.75. The molecule has 1 aromatic carbocycles. The van der Waals surface area contributed by atoms with Gasteiger partial charge in [0.2, 0.25) is 0 Å². The number of aryl methyl sites for hydroxylation is 2. The molecule has 1 aliphatic carbocycles. The molecule has 1 aliphatic rings. The van der Waals surface area contributed by atoms with E-state index in [1.165, 1.54) is 29.9 Å². The Balaban J connectivity index is 1.94. The average Bonchev–Trinajstić information content (AvgIpc) is 3.27. The monoisotopic (exact) mass is 284 g/mol. The normalized spacial score (nSPS) is 14.4. The van der Waals surface area contributed by atoms with E-state index in [2.05, 4.69) is 59.5 Å². The maximum Gasteiger partial charge on any atom is 0.135 e. The van der Waals surface area contributed by atoms with Gasteiger partial charge in [0.1, 0.15) is 5.82 Å². The lowest BCUT2D eigenvalue weighted by molar-refractivity contribution is 0.683. The Hall–Kier alpha value is -1.81. The largest absolute Gasteiger partial charge is 0.327 e. The molecule has 1 heterocycles. The zero-order chi connectivity index (χ0) is 14.8. The Kier molecular flexibility index (Phi) is 3.97. The number of benzene rings is 1. The van der Waals surface area contributed by atoms with Crippen LogP contribution in [0.25, 0.3) is 0 Å². The summed E-state index contributed by atoms with van der Waals surface area (Å²) in [7, 11) is 2.04. The van der Waals surface area contributed by atoms with E-state index in [1.54, 1.807) is 0 Å². The highest BCUT2D eigenvalue weighted by atomic mass is 15.4. The Morgan fingerprint density at radius 3 is 2.62 bits per heavy atom. The van der Waals surface area contributed by atoms with Crippen molar-refractivity contribution in [1.29, 1.82) is 0 Å². The Morgan fingerprint density at radius 1 is 1.29 bits per heavy atom. The van der Waals surface area contributed by atoms with Crippen LogP contribution in [-0.4, -0.2) is 22.4 Å². The van der Waals surface area contributed by atoms with Crippen molar-refractivity contribution >= 4 is 11.5 Å². The number of nitrogens with zero attached hydrogens (tertiary/aromatic N) is 3. The van der Waals surface area contributed by atoms with Crippen LogP contribution >= 0.6 is 0 Å². The van der Waals surface area contributed by atoms with Crippen LogP contribution in [0.1, 0.15) is 31.0 Å². The smallest absolute Gasteiger partial charge is 0.135 e. The molecule has 0 bridgehead atoms. The maximum absolute atomic E-state index is 4.64. The Morgan fingerprint density at radius 2 is 2.00 bits per heavy atom. The summed E-state index contributed by atoms with van der Waals surface area (Å²) in [6.07, 6.45) is 2.62. The van der Waals surface area contributed by atoms with Gasteiger partial charge in [0.15, 0.2) is 0 Å². The van der Waals surface area contributed by atoms with E-state index in [1.807, 2.05) is 11.7 Å². The molecule has 1 N–H and O–H groups in total. The minimum atomic E-state index is 0.712. The predicted molar refractivity (Wildman–Crippen MR) is 86.9 cm³/mol. The number of nitrogens with one attached hydrogen (secondary N) is 1. The van der Waals surface area contributed by atoms with Crippen molar-refractivity contribution in [3.8, 4) is 0 Å². The summed E-state index contributed by atoms with van der Waals surface area (Å²) >= 11 is 0. The standard InChI is InChI=1S/C17H24N4/c1-4-21(15-8-6-5-7-9-15)17-16(12-18-14-10-11-14)13(2)19-20(17)3/h5-9,14,18H,4,10-12H2,1-3H3. The third-order valence-corrected chi connectivity index (χ3v) is 4.10. The first-order valence-corrected chi connectivity index (χ1v) is 7.79. The van der Waals surface area contributed by atoms with Gasteiger partial charge in [-0.15, -0.1) is 0 Å². The summed E-state index contributed by atoms with van der Waals surface area (Å²) in [6, 6.07) is 11.3. The van der Waals surface area contributed by atoms with Crippen LogP contribution in [0.5, 0.6) is 0 Å². The second kappa shape index (κ2) is 5.90. The molecule has 2 aromatic rings. The zero-order valence-electron chi connectivity index (χ0n) is 13.1. The molecule has 0 radical (unpaired) electrons. The van der Waals surface area contributed by atoms with Gasteiger partial charge in [-0.1, -0.05) is 18.2 Å². The first-order chi connectivity index (χ1) is 10.2. The van der Waals surface area contributed by atoms with Crippen LogP contribution in [0, 0.1) is 6.92 Å². The fourth-order valence-electron chi connectivity index (χ4n) is 2.83. The van der Waals surface area contributed by atoms with Crippen molar-refractivity contribution in [2.24, 2.45) is 7.05 Å². The van der Waals surface area contributed by atoms with Gasteiger partial charge in [0.25, 0.3) is 0 Å². The molecule has 0 unspecified atom stereocenters. The van der Waals surface area contributed by atoms with Crippen LogP contribution in [0.4, 0.5) is 11.5 Å². The van der Waals surface area contributed by atoms with Gasteiger partial charge in [0, 0.05) is 37.4 Å². The van der Waals surface area contributed by atoms with E-state index in [0.717, 1.165) is 18.8 Å². The molecule has 0 atom stereocenters. The van der Waals surface area contributed by atoms with E-state index in [-0.39, 0.29) is 0 Å². The van der Waals surface area contributed by atoms with E-state index >= 15 is 0 Å². The molecule has 21 heavy (non-hydrogen) atoms. The second-order valence-electron chi connectivity index (χ2n) is 5.75. The summed E-state index contributed by atoms with van der Waals surface area (Å²) in [5.74, 6) is 1.20. The van der Waals surface area contributed by atoms with E-state index in [0.29, 0.717) is 6.04 Å². The van der Waals surface area contributed by atoms with Crippen molar-refractivity contribution in [2.75, 3.05) is 11.4 Å². The van der Waals surface area contributed by atoms with Crippen molar-refractivity contribution < 1.29 is 0 Å². The van der Waals surface area contributed by atoms with Crippen LogP contribution in [-0.2, 0) is 13.6 Å². The number of aromatic nitrogens is 2. The Labute approximate surface area is 126 Å². The summed E-state index contributed by atoms with van der Waals surface area (Å²) in [6.45, 7) is 6.13. The number of hydrogen-bond acceptors (Lipinski definition) is 3. The highest BCUT2D eigenvalue weighted by molar-refractivity contribution is 5.64. The van der Waals surface area contributed by atoms with Gasteiger partial charge in [0.05, 0.1) is 5.69 Å². The lowest BCUT2D eigenvalue weighted by Crippen LogP contribution is -2.23. The number of hydrogen-bond donors (Lipinski definition) is 1. The SMILES string of the molecule is CCN(c1ccccc1)c1c(CNC2CC2)c(C)nn1C. The third kappa shape index (κ3) is 2.95. The zero-order valence-corrected chi connectivity index (χ0v) is 13.1. The van der Waals surface area contributed by atoms with Gasteiger partial charge in [-0.2, -0.15) is 5.10 Å². The Bertz CT molecular complexity index is 599. The molecular weight excluding hydrogens is 260 g/mol. The van der Waals surface area contributed by atoms with Crippen molar-refractivity contribution in [3.63, 3.8) is 0 Å². The van der Waals surface area contributed by atoms with Crippen molar-refractivity contribution in [2.45, 2.75) is 39.3 Å². The number of rotatable bonds is 6. The van der Waals surface area contributed by atoms with Crippen molar-refractivity contribution in [3.05, 3.63) is 41.6 Å². The minimum absolute atomic E-state index is 0.712. The molecule has 0 spiro atoms. The summed E-state index contributed by atoms with van der Waals surface area (Å²) in [4.78, 5) is 2.34. The highest BCUT2D eigenvalue weighted by Crippen LogP contribution is 2.30. The molecule has 4 heteroatoms. The first kappa shape index (κ1) is 14.1.